The average Bonchev–Trinajstić information content (AvgIpc) is 3.10. The van der Waals surface area contributed by atoms with Crippen LogP contribution in [0.25, 0.3) is 16.2 Å². The lowest BCUT2D eigenvalue weighted by Crippen LogP contribution is -2.26. The first kappa shape index (κ1) is 17.5. The van der Waals surface area contributed by atoms with Gasteiger partial charge in [0.05, 0.1) is 5.69 Å². The van der Waals surface area contributed by atoms with Crippen LogP contribution in [0.15, 0.2) is 64.9 Å². The third-order valence-electron chi connectivity index (χ3n) is 4.20. The topological polar surface area (TPSA) is 63.5 Å². The smallest absolute Gasteiger partial charge is 0.271 e. The number of carbonyl (C=O) groups excluding carboxylic acids is 1. The van der Waals surface area contributed by atoms with Crippen LogP contribution in [-0.4, -0.2) is 15.3 Å². The molecule has 0 aliphatic carbocycles. The number of aromatic nitrogens is 2. The normalized spacial score (nSPS) is 10.9. The molecule has 7 heteroatoms. The second-order valence-electron chi connectivity index (χ2n) is 6.00. The molecule has 0 fully saturated rings. The summed E-state index contributed by atoms with van der Waals surface area (Å²) in [5.41, 5.74) is 2.60. The van der Waals surface area contributed by atoms with Gasteiger partial charge >= 0.3 is 0 Å². The molecule has 0 unspecified atom stereocenters. The Bertz CT molecular complexity index is 1220. The molecule has 134 valence electrons. The molecule has 0 spiro atoms. The summed E-state index contributed by atoms with van der Waals surface area (Å²) in [7, 11) is 0. The third kappa shape index (κ3) is 3.25. The van der Waals surface area contributed by atoms with Gasteiger partial charge in [0.15, 0.2) is 4.96 Å². The number of hydrogen-bond acceptors (Lipinski definition) is 4. The zero-order valence-corrected chi connectivity index (χ0v) is 15.8. The predicted octanol–water partition coefficient (Wildman–Crippen LogP) is 4.64. The molecular weight excluding hydrogens is 382 g/mol. The van der Waals surface area contributed by atoms with E-state index in [1.165, 1.54) is 21.9 Å². The molecule has 4 rings (SSSR count). The van der Waals surface area contributed by atoms with Crippen molar-refractivity contribution in [3.8, 4) is 11.3 Å². The molecule has 2 heterocycles. The Labute approximate surface area is 163 Å². The van der Waals surface area contributed by atoms with Crippen LogP contribution in [0.3, 0.4) is 0 Å². The maximum atomic E-state index is 13.0. The number of thiazole rings is 1. The molecule has 0 aliphatic heterocycles. The van der Waals surface area contributed by atoms with Gasteiger partial charge in [-0.1, -0.05) is 41.9 Å². The monoisotopic (exact) mass is 395 g/mol. The van der Waals surface area contributed by atoms with Gasteiger partial charge < -0.3 is 5.32 Å². The summed E-state index contributed by atoms with van der Waals surface area (Å²) in [5.74, 6) is -0.502. The van der Waals surface area contributed by atoms with Gasteiger partial charge in [0, 0.05) is 22.3 Å². The number of anilines is 1. The van der Waals surface area contributed by atoms with E-state index in [-0.39, 0.29) is 5.56 Å². The van der Waals surface area contributed by atoms with Gasteiger partial charge in [0.25, 0.3) is 11.5 Å². The lowest BCUT2D eigenvalue weighted by molar-refractivity contribution is 0.102. The quantitative estimate of drug-likeness (QED) is 0.549. The number of rotatable bonds is 3. The molecule has 0 saturated carbocycles. The van der Waals surface area contributed by atoms with E-state index < -0.39 is 11.5 Å². The molecule has 27 heavy (non-hydrogen) atoms. The van der Waals surface area contributed by atoms with E-state index in [2.05, 4.69) is 10.3 Å². The molecule has 0 atom stereocenters. The van der Waals surface area contributed by atoms with Gasteiger partial charge in [-0.25, -0.2) is 4.98 Å². The SMILES string of the molecule is Cc1cc(Cl)ccc1NC(=O)c1cnc2scc(-c3ccccc3)n2c1=O. The first-order valence-corrected chi connectivity index (χ1v) is 9.42. The summed E-state index contributed by atoms with van der Waals surface area (Å²) in [6.07, 6.45) is 1.32. The number of fused-ring (bicyclic) bond motifs is 1. The number of benzene rings is 2. The lowest BCUT2D eigenvalue weighted by atomic mass is 10.2. The Morgan fingerprint density at radius 2 is 1.96 bits per heavy atom. The standard InChI is InChI=1S/C20H14ClN3O2S/c1-12-9-14(21)7-8-16(12)23-18(25)15-10-22-20-24(19(15)26)17(11-27-20)13-5-3-2-4-6-13/h2-11H,1H3,(H,23,25). The van der Waals surface area contributed by atoms with Gasteiger partial charge in [-0.3, -0.25) is 14.0 Å². The largest absolute Gasteiger partial charge is 0.322 e. The Balaban J connectivity index is 1.77. The van der Waals surface area contributed by atoms with Gasteiger partial charge in [-0.05, 0) is 36.2 Å². The fourth-order valence-electron chi connectivity index (χ4n) is 2.82. The van der Waals surface area contributed by atoms with Crippen molar-refractivity contribution in [3.05, 3.63) is 86.6 Å². The number of aryl methyl sites for hydroxylation is 1. The number of amides is 1. The fourth-order valence-corrected chi connectivity index (χ4v) is 3.90. The molecule has 0 radical (unpaired) electrons. The number of hydrogen-bond donors (Lipinski definition) is 1. The predicted molar refractivity (Wildman–Crippen MR) is 109 cm³/mol. The number of carbonyl (C=O) groups is 1. The van der Waals surface area contributed by atoms with Crippen molar-refractivity contribution in [2.24, 2.45) is 0 Å². The molecule has 5 nitrogen and oxygen atoms in total. The second kappa shape index (κ2) is 6.98. The fraction of sp³-hybridized carbons (Fsp3) is 0.0500. The van der Waals surface area contributed by atoms with Crippen molar-refractivity contribution in [2.45, 2.75) is 6.92 Å². The summed E-state index contributed by atoms with van der Waals surface area (Å²) >= 11 is 7.31. The highest BCUT2D eigenvalue weighted by molar-refractivity contribution is 7.15. The molecule has 4 aromatic rings. The molecule has 2 aromatic carbocycles. The zero-order valence-electron chi connectivity index (χ0n) is 14.3. The highest BCUT2D eigenvalue weighted by atomic mass is 35.5. The minimum Gasteiger partial charge on any atom is -0.322 e. The maximum Gasteiger partial charge on any atom is 0.271 e. The molecule has 1 N–H and O–H groups in total. The van der Waals surface area contributed by atoms with Gasteiger partial charge in [0.1, 0.15) is 5.56 Å². The van der Waals surface area contributed by atoms with Crippen LogP contribution in [-0.2, 0) is 0 Å². The third-order valence-corrected chi connectivity index (χ3v) is 5.27. The van der Waals surface area contributed by atoms with Gasteiger partial charge in [-0.2, -0.15) is 0 Å². The van der Waals surface area contributed by atoms with E-state index in [1.54, 1.807) is 18.2 Å². The molecule has 2 aromatic heterocycles. The highest BCUT2D eigenvalue weighted by Gasteiger charge is 2.17. The average molecular weight is 396 g/mol. The molecular formula is C20H14ClN3O2S. The van der Waals surface area contributed by atoms with Crippen LogP contribution in [0.5, 0.6) is 0 Å². The van der Waals surface area contributed by atoms with E-state index in [0.29, 0.717) is 21.4 Å². The Hall–Kier alpha value is -2.96. The lowest BCUT2D eigenvalue weighted by Gasteiger charge is -2.09. The summed E-state index contributed by atoms with van der Waals surface area (Å²) in [5, 5.41) is 5.21. The molecule has 0 saturated heterocycles. The Morgan fingerprint density at radius 3 is 2.70 bits per heavy atom. The van der Waals surface area contributed by atoms with E-state index in [4.69, 9.17) is 11.6 Å². The summed E-state index contributed by atoms with van der Waals surface area (Å²) in [6.45, 7) is 1.84. The van der Waals surface area contributed by atoms with E-state index in [1.807, 2.05) is 42.6 Å². The van der Waals surface area contributed by atoms with Crippen LogP contribution < -0.4 is 10.9 Å². The van der Waals surface area contributed by atoms with E-state index in [0.717, 1.165) is 11.1 Å². The molecule has 0 aliphatic rings. The maximum absolute atomic E-state index is 13.0. The van der Waals surface area contributed by atoms with Crippen LogP contribution in [0, 0.1) is 6.92 Å². The van der Waals surface area contributed by atoms with Crippen molar-refractivity contribution in [3.63, 3.8) is 0 Å². The molecule has 1 amide bonds. The van der Waals surface area contributed by atoms with Crippen molar-refractivity contribution in [2.75, 3.05) is 5.32 Å². The van der Waals surface area contributed by atoms with Crippen molar-refractivity contribution in [1.82, 2.24) is 9.38 Å². The minimum atomic E-state index is -0.502. The summed E-state index contributed by atoms with van der Waals surface area (Å²) in [6, 6.07) is 14.7. The Morgan fingerprint density at radius 1 is 1.19 bits per heavy atom. The first-order valence-electron chi connectivity index (χ1n) is 8.17. The molecule has 0 bridgehead atoms. The number of nitrogens with zero attached hydrogens (tertiary/aromatic N) is 2. The van der Waals surface area contributed by atoms with Gasteiger partial charge in [0.2, 0.25) is 0 Å². The van der Waals surface area contributed by atoms with Crippen molar-refractivity contribution in [1.29, 1.82) is 0 Å². The highest BCUT2D eigenvalue weighted by Crippen LogP contribution is 2.24. The van der Waals surface area contributed by atoms with E-state index >= 15 is 0 Å². The van der Waals surface area contributed by atoms with Crippen LogP contribution >= 0.6 is 22.9 Å². The van der Waals surface area contributed by atoms with E-state index in [9.17, 15) is 9.59 Å². The summed E-state index contributed by atoms with van der Waals surface area (Å²) in [4.78, 5) is 30.5. The van der Waals surface area contributed by atoms with Gasteiger partial charge in [-0.15, -0.1) is 11.3 Å². The van der Waals surface area contributed by atoms with Crippen molar-refractivity contribution >= 4 is 39.5 Å². The van der Waals surface area contributed by atoms with Crippen molar-refractivity contribution < 1.29 is 4.79 Å². The zero-order chi connectivity index (χ0) is 19.0. The Kier molecular flexibility index (Phi) is 4.51. The second-order valence-corrected chi connectivity index (χ2v) is 7.27. The number of halogens is 1. The minimum absolute atomic E-state index is 0.0163. The number of nitrogens with one attached hydrogen (secondary N) is 1. The van der Waals surface area contributed by atoms with Crippen LogP contribution in [0.2, 0.25) is 5.02 Å². The first-order chi connectivity index (χ1) is 13.0. The summed E-state index contributed by atoms with van der Waals surface area (Å²) < 4.78 is 1.48. The van der Waals surface area contributed by atoms with Crippen LogP contribution in [0.1, 0.15) is 15.9 Å². The van der Waals surface area contributed by atoms with Crippen LogP contribution in [0.4, 0.5) is 5.69 Å².